The van der Waals surface area contributed by atoms with Crippen LogP contribution in [0.25, 0.3) is 28.2 Å². The zero-order valence-electron chi connectivity index (χ0n) is 24.8. The number of H-pyrrole nitrogens is 1. The molecule has 7 heteroatoms. The number of aryl methyl sites for hydroxylation is 1. The number of nitrogens with one attached hydrogen (secondary N) is 1. The van der Waals surface area contributed by atoms with E-state index in [-0.39, 0.29) is 5.69 Å². The van der Waals surface area contributed by atoms with Crippen molar-refractivity contribution in [2.75, 3.05) is 0 Å². The Morgan fingerprint density at radius 1 is 0.829 bits per heavy atom. The summed E-state index contributed by atoms with van der Waals surface area (Å²) in [5, 5.41) is 14.4. The number of unbranched alkanes of at least 4 members (excludes halogenated alkanes) is 2. The minimum atomic E-state index is 0.0266. The summed E-state index contributed by atoms with van der Waals surface area (Å²) in [4.78, 5) is 14.1. The van der Waals surface area contributed by atoms with E-state index in [1.54, 1.807) is 0 Å². The van der Waals surface area contributed by atoms with E-state index in [2.05, 4.69) is 110 Å². The fraction of sp³-hybridized carbons (Fsp3) is 0.353. The van der Waals surface area contributed by atoms with Crippen molar-refractivity contribution >= 4 is 0 Å². The lowest BCUT2D eigenvalue weighted by Gasteiger charge is -2.19. The summed E-state index contributed by atoms with van der Waals surface area (Å²) in [5.41, 5.74) is 8.73. The molecule has 0 aliphatic rings. The number of hydrogen-bond acceptors (Lipinski definition) is 4. The number of rotatable bonds is 11. The normalized spacial score (nSPS) is 11.6. The number of tetrazole rings is 1. The van der Waals surface area contributed by atoms with Gasteiger partial charge in [0, 0.05) is 17.5 Å². The van der Waals surface area contributed by atoms with Gasteiger partial charge in [-0.05, 0) is 62.9 Å². The lowest BCUT2D eigenvalue weighted by molar-refractivity contribution is 0.652. The Morgan fingerprint density at radius 3 is 2.12 bits per heavy atom. The molecule has 0 amide bonds. The molecule has 0 bridgehead atoms. The van der Waals surface area contributed by atoms with Gasteiger partial charge in [-0.25, -0.2) is 9.89 Å². The van der Waals surface area contributed by atoms with Crippen LogP contribution in [0.1, 0.15) is 88.1 Å². The van der Waals surface area contributed by atoms with Gasteiger partial charge in [-0.15, -0.1) is 5.10 Å². The predicted molar refractivity (Wildman–Crippen MR) is 166 cm³/mol. The van der Waals surface area contributed by atoms with Crippen molar-refractivity contribution < 1.29 is 0 Å². The van der Waals surface area contributed by atoms with Crippen LogP contribution in [0.3, 0.4) is 0 Å². The minimum Gasteiger partial charge on any atom is -0.292 e. The average Bonchev–Trinajstić information content (AvgIpc) is 3.62. The summed E-state index contributed by atoms with van der Waals surface area (Å²) in [7, 11) is 0. The summed E-state index contributed by atoms with van der Waals surface area (Å²) in [5.74, 6) is 1.26. The number of nitrogens with zero attached hydrogens (tertiary/aromatic N) is 5. The van der Waals surface area contributed by atoms with Crippen LogP contribution >= 0.6 is 0 Å². The van der Waals surface area contributed by atoms with E-state index in [1.807, 2.05) is 27.3 Å². The molecule has 41 heavy (non-hydrogen) atoms. The predicted octanol–water partition coefficient (Wildman–Crippen LogP) is 7.51. The first kappa shape index (κ1) is 28.3. The molecular formula is C34H40N6O. The van der Waals surface area contributed by atoms with Crippen LogP contribution < -0.4 is 5.69 Å². The minimum absolute atomic E-state index is 0.0266. The van der Waals surface area contributed by atoms with Crippen LogP contribution in [-0.2, 0) is 13.0 Å². The quantitative estimate of drug-likeness (QED) is 0.173. The van der Waals surface area contributed by atoms with Gasteiger partial charge >= 0.3 is 5.69 Å². The molecule has 0 saturated heterocycles. The van der Waals surface area contributed by atoms with Gasteiger partial charge in [-0.2, -0.15) is 0 Å². The summed E-state index contributed by atoms with van der Waals surface area (Å²) in [6, 6.07) is 23.0. The molecule has 7 nitrogen and oxygen atoms in total. The number of hydrogen-bond donors (Lipinski definition) is 1. The highest BCUT2D eigenvalue weighted by Gasteiger charge is 2.20. The van der Waals surface area contributed by atoms with Crippen LogP contribution in [0.2, 0.25) is 0 Å². The molecule has 0 radical (unpaired) electrons. The Kier molecular flexibility index (Phi) is 8.62. The highest BCUT2D eigenvalue weighted by atomic mass is 16.1. The molecule has 0 saturated carbocycles. The molecule has 5 rings (SSSR count). The summed E-state index contributed by atoms with van der Waals surface area (Å²) >= 11 is 0. The van der Waals surface area contributed by atoms with Gasteiger partial charge in [0.1, 0.15) is 0 Å². The molecule has 0 fully saturated rings. The second-order valence-electron chi connectivity index (χ2n) is 11.4. The van der Waals surface area contributed by atoms with E-state index >= 15 is 0 Å². The molecule has 0 aliphatic heterocycles. The fourth-order valence-electron chi connectivity index (χ4n) is 5.59. The summed E-state index contributed by atoms with van der Waals surface area (Å²) < 4.78 is 3.89. The van der Waals surface area contributed by atoms with Crippen molar-refractivity contribution in [3.05, 3.63) is 106 Å². The topological polar surface area (TPSA) is 81.4 Å². The Hall–Kier alpha value is -4.26. The maximum Gasteiger partial charge on any atom is 0.333 e. The van der Waals surface area contributed by atoms with Gasteiger partial charge in [0.2, 0.25) is 0 Å². The van der Waals surface area contributed by atoms with E-state index in [1.165, 1.54) is 11.1 Å². The maximum absolute atomic E-state index is 14.1. The van der Waals surface area contributed by atoms with E-state index in [4.69, 9.17) is 0 Å². The second kappa shape index (κ2) is 12.5. The van der Waals surface area contributed by atoms with Gasteiger partial charge in [-0.1, -0.05) is 114 Å². The molecule has 0 aliphatic carbocycles. The van der Waals surface area contributed by atoms with Crippen molar-refractivity contribution in [3.8, 4) is 28.2 Å². The number of benzene rings is 3. The molecule has 2 aromatic heterocycles. The van der Waals surface area contributed by atoms with Crippen molar-refractivity contribution in [2.24, 2.45) is 0 Å². The van der Waals surface area contributed by atoms with Crippen molar-refractivity contribution in [1.82, 2.24) is 29.8 Å². The molecule has 212 valence electrons. The van der Waals surface area contributed by atoms with Crippen LogP contribution in [0.15, 0.2) is 77.7 Å². The maximum atomic E-state index is 14.1. The van der Waals surface area contributed by atoms with Crippen LogP contribution in [0, 0.1) is 0 Å². The van der Waals surface area contributed by atoms with Crippen molar-refractivity contribution in [3.63, 3.8) is 0 Å². The molecule has 1 N–H and O–H groups in total. The zero-order chi connectivity index (χ0) is 28.9. The number of para-hydroxylation sites is 1. The van der Waals surface area contributed by atoms with Crippen LogP contribution in [-0.4, -0.2) is 29.8 Å². The zero-order valence-corrected chi connectivity index (χ0v) is 24.8. The Balaban J connectivity index is 1.53. The molecule has 2 heterocycles. The smallest absolute Gasteiger partial charge is 0.292 e. The second-order valence-corrected chi connectivity index (χ2v) is 11.4. The van der Waals surface area contributed by atoms with Gasteiger partial charge < -0.3 is 0 Å². The molecule has 3 aromatic carbocycles. The standard InChI is InChI=1S/C34H40N6O/c1-6-7-8-12-27-22-40(32-28(23(2)3)15-11-16-29(32)24(4)5)34(41)39(27)21-25-17-19-26(20-18-25)30-13-9-10-14-31(30)33-35-37-38-36-33/h9-11,13-20,22-24H,6-8,12,21H2,1-5H3,(H,35,36,37,38). The third-order valence-corrected chi connectivity index (χ3v) is 7.81. The third kappa shape index (κ3) is 5.94. The molecule has 0 unspecified atom stereocenters. The number of imidazole rings is 1. The molecule has 0 spiro atoms. The number of aromatic nitrogens is 6. The average molecular weight is 549 g/mol. The third-order valence-electron chi connectivity index (χ3n) is 7.81. The highest BCUT2D eigenvalue weighted by molar-refractivity contribution is 5.80. The Morgan fingerprint density at radius 2 is 1.51 bits per heavy atom. The molecule has 5 aromatic rings. The SMILES string of the molecule is CCCCCc1cn(-c2c(C(C)C)cccc2C(C)C)c(=O)n1Cc1ccc(-c2ccccc2-c2nnn[nH]2)cc1. The molecule has 0 atom stereocenters. The summed E-state index contributed by atoms with van der Waals surface area (Å²) in [6.45, 7) is 11.5. The number of aromatic amines is 1. The van der Waals surface area contributed by atoms with Gasteiger partial charge in [0.15, 0.2) is 5.82 Å². The lowest BCUT2D eigenvalue weighted by atomic mass is 9.92. The highest BCUT2D eigenvalue weighted by Crippen LogP contribution is 2.32. The Labute approximate surface area is 242 Å². The van der Waals surface area contributed by atoms with Gasteiger partial charge in [-0.3, -0.25) is 9.13 Å². The first-order valence-corrected chi connectivity index (χ1v) is 14.8. The Bertz CT molecular complexity index is 1620. The van der Waals surface area contributed by atoms with Crippen LogP contribution in [0.5, 0.6) is 0 Å². The fourth-order valence-corrected chi connectivity index (χ4v) is 5.59. The van der Waals surface area contributed by atoms with E-state index in [0.29, 0.717) is 24.2 Å². The van der Waals surface area contributed by atoms with Crippen molar-refractivity contribution in [1.29, 1.82) is 0 Å². The largest absolute Gasteiger partial charge is 0.333 e. The van der Waals surface area contributed by atoms with Gasteiger partial charge in [0.05, 0.1) is 12.2 Å². The molecular weight excluding hydrogens is 508 g/mol. The van der Waals surface area contributed by atoms with Crippen molar-refractivity contribution in [2.45, 2.75) is 78.7 Å². The first-order chi connectivity index (χ1) is 19.9. The van der Waals surface area contributed by atoms with Gasteiger partial charge in [0.25, 0.3) is 0 Å². The van der Waals surface area contributed by atoms with Crippen LogP contribution in [0.4, 0.5) is 0 Å². The van der Waals surface area contributed by atoms with E-state index < -0.39 is 0 Å². The van der Waals surface area contributed by atoms with E-state index in [0.717, 1.165) is 59.3 Å². The monoisotopic (exact) mass is 548 g/mol. The summed E-state index contributed by atoms with van der Waals surface area (Å²) in [6.07, 6.45) is 6.34. The van der Waals surface area contributed by atoms with E-state index in [9.17, 15) is 4.79 Å². The first-order valence-electron chi connectivity index (χ1n) is 14.8. The lowest BCUT2D eigenvalue weighted by Crippen LogP contribution is -2.26.